The first kappa shape index (κ1) is 13.9. The van der Waals surface area contributed by atoms with Gasteiger partial charge in [0.15, 0.2) is 4.77 Å². The molecule has 0 aromatic carbocycles. The molecule has 1 fully saturated rings. The monoisotopic (exact) mass is 266 g/mol. The van der Waals surface area contributed by atoms with E-state index in [1.54, 1.807) is 0 Å². The Morgan fingerprint density at radius 3 is 2.56 bits per heavy atom. The van der Waals surface area contributed by atoms with Gasteiger partial charge in [0.2, 0.25) is 0 Å². The summed E-state index contributed by atoms with van der Waals surface area (Å²) in [5.41, 5.74) is 1.37. The molecule has 102 valence electrons. The van der Waals surface area contributed by atoms with Gasteiger partial charge in [0.25, 0.3) is 0 Å². The number of nitrogens with one attached hydrogen (secondary N) is 1. The SMILES string of the molecule is CCCC1CCC(n2c(C(C)C)c[nH]c2=S)CC1. The third-order valence-corrected chi connectivity index (χ3v) is 4.62. The Kier molecular flexibility index (Phi) is 4.66. The van der Waals surface area contributed by atoms with E-state index in [0.29, 0.717) is 12.0 Å². The van der Waals surface area contributed by atoms with Crippen LogP contribution in [0.5, 0.6) is 0 Å². The molecule has 0 bridgehead atoms. The van der Waals surface area contributed by atoms with E-state index in [9.17, 15) is 0 Å². The Morgan fingerprint density at radius 2 is 2.00 bits per heavy atom. The van der Waals surface area contributed by atoms with E-state index in [1.807, 2.05) is 0 Å². The molecular formula is C15H26N2S. The molecule has 0 amide bonds. The van der Waals surface area contributed by atoms with Gasteiger partial charge in [-0.3, -0.25) is 0 Å². The fraction of sp³-hybridized carbons (Fsp3) is 0.800. The maximum absolute atomic E-state index is 5.46. The summed E-state index contributed by atoms with van der Waals surface area (Å²) >= 11 is 5.46. The van der Waals surface area contributed by atoms with E-state index in [0.717, 1.165) is 10.7 Å². The molecule has 0 unspecified atom stereocenters. The van der Waals surface area contributed by atoms with Gasteiger partial charge in [-0.05, 0) is 49.7 Å². The summed E-state index contributed by atoms with van der Waals surface area (Å²) in [6, 6.07) is 0.634. The van der Waals surface area contributed by atoms with Crippen molar-refractivity contribution in [1.29, 1.82) is 0 Å². The second-order valence-electron chi connectivity index (χ2n) is 6.01. The highest BCUT2D eigenvalue weighted by Crippen LogP contribution is 2.36. The molecule has 1 aromatic rings. The highest BCUT2D eigenvalue weighted by molar-refractivity contribution is 7.71. The molecule has 2 rings (SSSR count). The van der Waals surface area contributed by atoms with Crippen LogP contribution in [-0.4, -0.2) is 9.55 Å². The lowest BCUT2D eigenvalue weighted by Gasteiger charge is -2.30. The standard InChI is InChI=1S/C15H26N2S/c1-4-5-12-6-8-13(9-7-12)17-14(11(2)3)10-16-15(17)18/h10-13H,4-9H2,1-3H3,(H,16,18). The topological polar surface area (TPSA) is 20.7 Å². The summed E-state index contributed by atoms with van der Waals surface area (Å²) < 4.78 is 3.31. The Morgan fingerprint density at radius 1 is 1.33 bits per heavy atom. The molecule has 1 aliphatic carbocycles. The molecular weight excluding hydrogens is 240 g/mol. The quantitative estimate of drug-likeness (QED) is 0.743. The van der Waals surface area contributed by atoms with E-state index >= 15 is 0 Å². The van der Waals surface area contributed by atoms with Gasteiger partial charge in [-0.25, -0.2) is 0 Å². The fourth-order valence-electron chi connectivity index (χ4n) is 3.31. The van der Waals surface area contributed by atoms with Gasteiger partial charge in [0.05, 0.1) is 0 Å². The summed E-state index contributed by atoms with van der Waals surface area (Å²) in [4.78, 5) is 3.23. The van der Waals surface area contributed by atoms with Gasteiger partial charge in [-0.15, -0.1) is 0 Å². The van der Waals surface area contributed by atoms with Gasteiger partial charge >= 0.3 is 0 Å². The van der Waals surface area contributed by atoms with Gasteiger partial charge in [0, 0.05) is 17.9 Å². The van der Waals surface area contributed by atoms with E-state index in [-0.39, 0.29) is 0 Å². The normalized spacial score (nSPS) is 24.7. The smallest absolute Gasteiger partial charge is 0.177 e. The van der Waals surface area contributed by atoms with Crippen LogP contribution in [-0.2, 0) is 0 Å². The summed E-state index contributed by atoms with van der Waals surface area (Å²) in [7, 11) is 0. The van der Waals surface area contributed by atoms with Crippen LogP contribution < -0.4 is 0 Å². The van der Waals surface area contributed by atoms with Crippen molar-refractivity contribution in [3.63, 3.8) is 0 Å². The maximum Gasteiger partial charge on any atom is 0.177 e. The van der Waals surface area contributed by atoms with Crippen LogP contribution in [0.2, 0.25) is 0 Å². The molecule has 1 heterocycles. The number of nitrogens with zero attached hydrogens (tertiary/aromatic N) is 1. The predicted molar refractivity (Wildman–Crippen MR) is 79.6 cm³/mol. The van der Waals surface area contributed by atoms with Gasteiger partial charge in [-0.2, -0.15) is 0 Å². The molecule has 0 radical (unpaired) electrons. The number of H-pyrrole nitrogens is 1. The average molecular weight is 266 g/mol. The minimum Gasteiger partial charge on any atom is -0.337 e. The molecule has 1 saturated carbocycles. The second-order valence-corrected chi connectivity index (χ2v) is 6.39. The van der Waals surface area contributed by atoms with Crippen LogP contribution in [0.4, 0.5) is 0 Å². The van der Waals surface area contributed by atoms with Gasteiger partial charge in [0.1, 0.15) is 0 Å². The van der Waals surface area contributed by atoms with E-state index in [4.69, 9.17) is 12.2 Å². The summed E-state index contributed by atoms with van der Waals surface area (Å²) in [5.74, 6) is 1.51. The maximum atomic E-state index is 5.46. The van der Waals surface area contributed by atoms with Gasteiger partial charge < -0.3 is 9.55 Å². The van der Waals surface area contributed by atoms with E-state index < -0.39 is 0 Å². The van der Waals surface area contributed by atoms with E-state index in [2.05, 4.69) is 36.5 Å². The molecule has 0 aliphatic heterocycles. The average Bonchev–Trinajstić information content (AvgIpc) is 2.73. The third kappa shape index (κ3) is 2.87. The number of imidazole rings is 1. The van der Waals surface area contributed by atoms with Crippen LogP contribution in [0, 0.1) is 10.7 Å². The third-order valence-electron chi connectivity index (χ3n) is 4.31. The molecule has 3 heteroatoms. The van der Waals surface area contributed by atoms with Crippen LogP contribution in [0.1, 0.15) is 76.9 Å². The minimum absolute atomic E-state index is 0.548. The van der Waals surface area contributed by atoms with E-state index in [1.165, 1.54) is 44.2 Å². The van der Waals surface area contributed by atoms with Crippen LogP contribution in [0.15, 0.2) is 6.20 Å². The number of hydrogen-bond acceptors (Lipinski definition) is 1. The lowest BCUT2D eigenvalue weighted by atomic mass is 9.83. The van der Waals surface area contributed by atoms with Crippen molar-refractivity contribution in [3.05, 3.63) is 16.7 Å². The van der Waals surface area contributed by atoms with Crippen LogP contribution in [0.25, 0.3) is 0 Å². The lowest BCUT2D eigenvalue weighted by molar-refractivity contribution is 0.257. The fourth-order valence-corrected chi connectivity index (χ4v) is 3.63. The van der Waals surface area contributed by atoms with Crippen molar-refractivity contribution in [2.45, 2.75) is 71.3 Å². The van der Waals surface area contributed by atoms with Crippen molar-refractivity contribution in [2.75, 3.05) is 0 Å². The Bertz CT molecular complexity index is 422. The molecule has 1 aromatic heterocycles. The highest BCUT2D eigenvalue weighted by atomic mass is 32.1. The summed E-state index contributed by atoms with van der Waals surface area (Å²) in [6.45, 7) is 6.79. The minimum atomic E-state index is 0.548. The Labute approximate surface area is 116 Å². The first-order valence-electron chi connectivity index (χ1n) is 7.43. The molecule has 0 atom stereocenters. The van der Waals surface area contributed by atoms with Crippen molar-refractivity contribution in [3.8, 4) is 0 Å². The largest absolute Gasteiger partial charge is 0.337 e. The molecule has 18 heavy (non-hydrogen) atoms. The van der Waals surface area contributed by atoms with Crippen molar-refractivity contribution >= 4 is 12.2 Å². The molecule has 0 spiro atoms. The van der Waals surface area contributed by atoms with Crippen molar-refractivity contribution in [1.82, 2.24) is 9.55 Å². The first-order valence-corrected chi connectivity index (χ1v) is 7.84. The molecule has 0 saturated heterocycles. The summed E-state index contributed by atoms with van der Waals surface area (Å²) in [6.07, 6.45) is 10.2. The lowest BCUT2D eigenvalue weighted by Crippen LogP contribution is -2.20. The second kappa shape index (κ2) is 6.05. The van der Waals surface area contributed by atoms with Crippen molar-refractivity contribution in [2.24, 2.45) is 5.92 Å². The van der Waals surface area contributed by atoms with Crippen LogP contribution >= 0.6 is 12.2 Å². The predicted octanol–water partition coefficient (Wildman–Crippen LogP) is 5.20. The van der Waals surface area contributed by atoms with Crippen molar-refractivity contribution < 1.29 is 0 Å². The number of hydrogen-bond donors (Lipinski definition) is 1. The van der Waals surface area contributed by atoms with Gasteiger partial charge in [-0.1, -0.05) is 33.6 Å². The zero-order valence-electron chi connectivity index (χ0n) is 11.9. The Hall–Kier alpha value is -0.570. The number of aromatic amines is 1. The molecule has 2 nitrogen and oxygen atoms in total. The zero-order chi connectivity index (χ0) is 13.1. The van der Waals surface area contributed by atoms with Crippen LogP contribution in [0.3, 0.4) is 0 Å². The highest BCUT2D eigenvalue weighted by Gasteiger charge is 2.24. The summed E-state index contributed by atoms with van der Waals surface area (Å²) in [5, 5.41) is 0. The zero-order valence-corrected chi connectivity index (χ0v) is 12.7. The molecule has 1 aliphatic rings. The molecule has 1 N–H and O–H groups in total. The number of rotatable bonds is 4. The Balaban J connectivity index is 2.10. The first-order chi connectivity index (χ1) is 8.63. The number of aromatic nitrogens is 2.